The quantitative estimate of drug-likeness (QED) is 0.583. The van der Waals surface area contributed by atoms with Gasteiger partial charge in [0.05, 0.1) is 0 Å². The number of aromatic amines is 1. The molecule has 0 bridgehead atoms. The van der Waals surface area contributed by atoms with Crippen molar-refractivity contribution in [2.75, 3.05) is 13.1 Å². The summed E-state index contributed by atoms with van der Waals surface area (Å²) in [4.78, 5) is 13.6. The Bertz CT molecular complexity index is 308. The Morgan fingerprint density at radius 3 is 2.80 bits per heavy atom. The molecule has 0 saturated carbocycles. The van der Waals surface area contributed by atoms with Gasteiger partial charge in [0.15, 0.2) is 0 Å². The average molecular weight is 229 g/mol. The van der Waals surface area contributed by atoms with Crippen molar-refractivity contribution >= 4 is 11.3 Å². The maximum Gasteiger partial charge on any atom is 0.304 e. The molecule has 0 unspecified atom stereocenters. The maximum absolute atomic E-state index is 10.8. The second kappa shape index (κ2) is 7.62. The van der Waals surface area contributed by atoms with Gasteiger partial charge in [0, 0.05) is 17.6 Å². The van der Waals surface area contributed by atoms with Gasteiger partial charge in [0.25, 0.3) is 0 Å². The molecule has 4 nitrogen and oxygen atoms in total. The van der Waals surface area contributed by atoms with E-state index in [1.807, 2.05) is 5.38 Å². The lowest BCUT2D eigenvalue weighted by atomic mass is 10.2. The van der Waals surface area contributed by atoms with Gasteiger partial charge in [-0.15, -0.1) is 0 Å². The summed E-state index contributed by atoms with van der Waals surface area (Å²) in [6, 6.07) is 0. The zero-order valence-corrected chi connectivity index (χ0v) is 9.74. The van der Waals surface area contributed by atoms with E-state index in [1.54, 1.807) is 0 Å². The minimum atomic E-state index is 0.0229. The van der Waals surface area contributed by atoms with Crippen LogP contribution >= 0.6 is 11.3 Å². The third kappa shape index (κ3) is 5.71. The largest absolute Gasteiger partial charge is 0.330 e. The highest BCUT2D eigenvalue weighted by Gasteiger charge is 1.95. The fourth-order valence-corrected chi connectivity index (χ4v) is 1.95. The lowest BCUT2D eigenvalue weighted by Gasteiger charge is -2.02. The highest BCUT2D eigenvalue weighted by molar-refractivity contribution is 7.07. The van der Waals surface area contributed by atoms with Gasteiger partial charge in [-0.05, 0) is 25.9 Å². The molecule has 1 heterocycles. The topological polar surface area (TPSA) is 70.9 Å². The molecule has 5 heteroatoms. The number of aromatic nitrogens is 1. The van der Waals surface area contributed by atoms with E-state index < -0.39 is 0 Å². The molecule has 0 spiro atoms. The molecule has 0 aliphatic heterocycles. The van der Waals surface area contributed by atoms with Crippen LogP contribution in [0.2, 0.25) is 0 Å². The molecule has 86 valence electrons. The Labute approximate surface area is 93.9 Å². The fourth-order valence-electron chi connectivity index (χ4n) is 1.37. The van der Waals surface area contributed by atoms with Crippen LogP contribution in [0.15, 0.2) is 10.2 Å². The first kappa shape index (κ1) is 12.4. The van der Waals surface area contributed by atoms with E-state index in [0.29, 0.717) is 0 Å². The normalized spacial score (nSPS) is 10.7. The van der Waals surface area contributed by atoms with Crippen molar-refractivity contribution in [2.24, 2.45) is 5.73 Å². The summed E-state index contributed by atoms with van der Waals surface area (Å²) in [5.41, 5.74) is 6.38. The molecule has 0 amide bonds. The number of hydrogen-bond donors (Lipinski definition) is 3. The zero-order chi connectivity index (χ0) is 10.9. The molecule has 0 aliphatic carbocycles. The van der Waals surface area contributed by atoms with Crippen LogP contribution in [0.3, 0.4) is 0 Å². The van der Waals surface area contributed by atoms with Gasteiger partial charge in [0.2, 0.25) is 0 Å². The van der Waals surface area contributed by atoms with E-state index in [9.17, 15) is 4.79 Å². The van der Waals surface area contributed by atoms with E-state index >= 15 is 0 Å². The molecule has 1 aromatic rings. The monoisotopic (exact) mass is 229 g/mol. The number of nitrogens with two attached hydrogens (primary N) is 1. The number of H-pyrrole nitrogens is 1. The smallest absolute Gasteiger partial charge is 0.304 e. The first-order valence-electron chi connectivity index (χ1n) is 5.40. The first-order chi connectivity index (χ1) is 7.33. The van der Waals surface area contributed by atoms with Crippen LogP contribution in [0.4, 0.5) is 0 Å². The standard InChI is InChI=1S/C10H19N3OS/c11-5-3-1-2-4-6-12-7-9-8-15-10(14)13-9/h8,12H,1-7,11H2,(H,13,14). The van der Waals surface area contributed by atoms with Crippen molar-refractivity contribution in [1.82, 2.24) is 10.3 Å². The molecule has 1 aromatic heterocycles. The summed E-state index contributed by atoms with van der Waals surface area (Å²) in [7, 11) is 0. The Balaban J connectivity index is 1.95. The number of nitrogens with one attached hydrogen (secondary N) is 2. The second-order valence-corrected chi connectivity index (χ2v) is 4.40. The molecular formula is C10H19N3OS. The van der Waals surface area contributed by atoms with Crippen LogP contribution in [-0.2, 0) is 6.54 Å². The third-order valence-corrected chi connectivity index (χ3v) is 2.91. The highest BCUT2D eigenvalue weighted by Crippen LogP contribution is 1.98. The minimum absolute atomic E-state index is 0.0229. The van der Waals surface area contributed by atoms with Gasteiger partial charge in [-0.1, -0.05) is 24.2 Å². The van der Waals surface area contributed by atoms with E-state index in [2.05, 4.69) is 10.3 Å². The second-order valence-electron chi connectivity index (χ2n) is 3.55. The molecule has 0 atom stereocenters. The molecular weight excluding hydrogens is 210 g/mol. The summed E-state index contributed by atoms with van der Waals surface area (Å²) in [5.74, 6) is 0. The molecule has 0 radical (unpaired) electrons. The van der Waals surface area contributed by atoms with E-state index in [-0.39, 0.29) is 4.87 Å². The Kier molecular flexibility index (Phi) is 6.31. The third-order valence-electron chi connectivity index (χ3n) is 2.19. The van der Waals surface area contributed by atoms with E-state index in [4.69, 9.17) is 5.73 Å². The molecule has 0 aliphatic rings. The molecule has 1 rings (SSSR count). The molecule has 0 fully saturated rings. The lowest BCUT2D eigenvalue weighted by Crippen LogP contribution is -2.15. The number of hydrogen-bond acceptors (Lipinski definition) is 4. The summed E-state index contributed by atoms with van der Waals surface area (Å²) in [6.45, 7) is 2.56. The van der Waals surface area contributed by atoms with Gasteiger partial charge in [-0.25, -0.2) is 0 Å². The summed E-state index contributed by atoms with van der Waals surface area (Å²) in [5, 5.41) is 5.16. The SMILES string of the molecule is NCCCCCCNCc1csc(=O)[nH]1. The van der Waals surface area contributed by atoms with Gasteiger partial charge >= 0.3 is 4.87 Å². The number of rotatable bonds is 8. The number of thiazole rings is 1. The van der Waals surface area contributed by atoms with Crippen LogP contribution in [0, 0.1) is 0 Å². The molecule has 4 N–H and O–H groups in total. The predicted octanol–water partition coefficient (Wildman–Crippen LogP) is 1.05. The maximum atomic E-state index is 10.8. The average Bonchev–Trinajstić information content (AvgIpc) is 2.63. The summed E-state index contributed by atoms with van der Waals surface area (Å²) < 4.78 is 0. The molecule has 0 aromatic carbocycles. The van der Waals surface area contributed by atoms with E-state index in [0.717, 1.165) is 31.7 Å². The van der Waals surface area contributed by atoms with Gasteiger partial charge in [0.1, 0.15) is 0 Å². The van der Waals surface area contributed by atoms with Crippen molar-refractivity contribution < 1.29 is 0 Å². The molecule has 15 heavy (non-hydrogen) atoms. The fraction of sp³-hybridized carbons (Fsp3) is 0.700. The number of unbranched alkanes of at least 4 members (excludes halogenated alkanes) is 3. The van der Waals surface area contributed by atoms with Crippen molar-refractivity contribution in [2.45, 2.75) is 32.2 Å². The summed E-state index contributed by atoms with van der Waals surface area (Å²) in [6.07, 6.45) is 4.74. The van der Waals surface area contributed by atoms with Crippen molar-refractivity contribution in [1.29, 1.82) is 0 Å². The molecule has 0 saturated heterocycles. The van der Waals surface area contributed by atoms with Gasteiger partial charge in [-0.2, -0.15) is 0 Å². The van der Waals surface area contributed by atoms with Gasteiger partial charge in [-0.3, -0.25) is 4.79 Å². The van der Waals surface area contributed by atoms with E-state index in [1.165, 1.54) is 30.6 Å². The van der Waals surface area contributed by atoms with Crippen LogP contribution in [0.25, 0.3) is 0 Å². The minimum Gasteiger partial charge on any atom is -0.330 e. The van der Waals surface area contributed by atoms with Crippen molar-refractivity contribution in [3.8, 4) is 0 Å². The summed E-state index contributed by atoms with van der Waals surface area (Å²) >= 11 is 1.21. The predicted molar refractivity (Wildman–Crippen MR) is 64.2 cm³/mol. The lowest BCUT2D eigenvalue weighted by molar-refractivity contribution is 0.587. The van der Waals surface area contributed by atoms with Crippen molar-refractivity contribution in [3.05, 3.63) is 20.7 Å². The highest BCUT2D eigenvalue weighted by atomic mass is 32.1. The van der Waals surface area contributed by atoms with Crippen LogP contribution < -0.4 is 15.9 Å². The Morgan fingerprint density at radius 2 is 2.13 bits per heavy atom. The van der Waals surface area contributed by atoms with Crippen LogP contribution in [-0.4, -0.2) is 18.1 Å². The first-order valence-corrected chi connectivity index (χ1v) is 6.28. The van der Waals surface area contributed by atoms with Crippen LogP contribution in [0.5, 0.6) is 0 Å². The van der Waals surface area contributed by atoms with Crippen molar-refractivity contribution in [3.63, 3.8) is 0 Å². The Hall–Kier alpha value is -0.650. The van der Waals surface area contributed by atoms with Gasteiger partial charge < -0.3 is 16.0 Å². The zero-order valence-electron chi connectivity index (χ0n) is 8.92. The Morgan fingerprint density at radius 1 is 1.33 bits per heavy atom. The van der Waals surface area contributed by atoms with Crippen LogP contribution in [0.1, 0.15) is 31.4 Å².